The number of hydrogen-bond acceptors (Lipinski definition) is 6. The van der Waals surface area contributed by atoms with E-state index < -0.39 is 10.5 Å². The molecule has 0 N–H and O–H groups in total. The van der Waals surface area contributed by atoms with Crippen LogP contribution in [0.25, 0.3) is 10.9 Å². The predicted octanol–water partition coefficient (Wildman–Crippen LogP) is 1.12. The number of rotatable bonds is 7. The molecule has 9 nitrogen and oxygen atoms in total. The molecule has 1 aromatic carbocycles. The third kappa shape index (κ3) is 4.31. The number of benzene rings is 1. The lowest BCUT2D eigenvalue weighted by molar-refractivity contribution is -0.384. The van der Waals surface area contributed by atoms with Crippen molar-refractivity contribution in [1.82, 2.24) is 18.9 Å². The van der Waals surface area contributed by atoms with Gasteiger partial charge in [-0.15, -0.1) is 0 Å². The first-order valence-electron chi connectivity index (χ1n) is 9.67. The van der Waals surface area contributed by atoms with E-state index in [0.29, 0.717) is 18.6 Å². The number of nitro groups is 1. The fraction of sp³-hybridized carbons (Fsp3) is 0.579. The average Bonchev–Trinajstić information content (AvgIpc) is 2.68. The smallest absolute Gasteiger partial charge is 0.308 e. The highest BCUT2D eigenvalue weighted by atomic mass is 16.6. The SMILES string of the molecule is CN(C)CCn1c(=O)c2cc([N+](=O)[O-])ccc2n(CCN2CCCCC2)c1=O. The molecule has 0 aliphatic carbocycles. The Hall–Kier alpha value is -2.52. The Kier molecular flexibility index (Phi) is 6.25. The Labute approximate surface area is 162 Å². The summed E-state index contributed by atoms with van der Waals surface area (Å²) in [5.74, 6) is 0. The maximum absolute atomic E-state index is 13.1. The quantitative estimate of drug-likeness (QED) is 0.520. The van der Waals surface area contributed by atoms with Crippen LogP contribution < -0.4 is 11.2 Å². The number of nitro benzene ring substituents is 1. The van der Waals surface area contributed by atoms with Gasteiger partial charge in [0.1, 0.15) is 0 Å². The first-order valence-corrected chi connectivity index (χ1v) is 9.67. The van der Waals surface area contributed by atoms with Crippen molar-refractivity contribution in [3.8, 4) is 0 Å². The molecule has 152 valence electrons. The second-order valence-electron chi connectivity index (χ2n) is 7.56. The summed E-state index contributed by atoms with van der Waals surface area (Å²) in [4.78, 5) is 40.8. The van der Waals surface area contributed by atoms with Gasteiger partial charge < -0.3 is 9.80 Å². The van der Waals surface area contributed by atoms with E-state index in [0.717, 1.165) is 32.5 Å². The van der Waals surface area contributed by atoms with E-state index in [2.05, 4.69) is 4.90 Å². The van der Waals surface area contributed by atoms with Crippen LogP contribution in [0.5, 0.6) is 0 Å². The van der Waals surface area contributed by atoms with E-state index in [9.17, 15) is 19.7 Å². The number of likely N-dealkylation sites (N-methyl/N-ethyl adjacent to an activating group) is 1. The summed E-state index contributed by atoms with van der Waals surface area (Å²) in [6.45, 7) is 3.97. The van der Waals surface area contributed by atoms with Gasteiger partial charge in [0.25, 0.3) is 11.2 Å². The molecule has 0 atom stereocenters. The first kappa shape index (κ1) is 20.2. The summed E-state index contributed by atoms with van der Waals surface area (Å²) in [6, 6.07) is 4.15. The van der Waals surface area contributed by atoms with Crippen molar-refractivity contribution in [2.75, 3.05) is 40.3 Å². The number of likely N-dealkylation sites (tertiary alicyclic amines) is 1. The number of aromatic nitrogens is 2. The van der Waals surface area contributed by atoms with Crippen molar-refractivity contribution < 1.29 is 4.92 Å². The molecule has 0 unspecified atom stereocenters. The van der Waals surface area contributed by atoms with Crippen LogP contribution in [0.4, 0.5) is 5.69 Å². The maximum Gasteiger partial charge on any atom is 0.331 e. The lowest BCUT2D eigenvalue weighted by Gasteiger charge is -2.27. The molecule has 1 saturated heterocycles. The van der Waals surface area contributed by atoms with Gasteiger partial charge in [0, 0.05) is 38.3 Å². The van der Waals surface area contributed by atoms with E-state index in [1.165, 1.54) is 29.2 Å². The number of piperidine rings is 1. The third-order valence-electron chi connectivity index (χ3n) is 5.28. The Morgan fingerprint density at radius 1 is 1.04 bits per heavy atom. The van der Waals surface area contributed by atoms with Crippen molar-refractivity contribution in [3.05, 3.63) is 49.2 Å². The van der Waals surface area contributed by atoms with Gasteiger partial charge in [0.2, 0.25) is 0 Å². The Balaban J connectivity index is 2.06. The standard InChI is InChI=1S/C19H27N5O4/c1-20(2)10-12-23-18(25)16-14-15(24(27)28)6-7-17(16)22(19(23)26)13-11-21-8-4-3-5-9-21/h6-7,14H,3-5,8-13H2,1-2H3. The minimum absolute atomic E-state index is 0.148. The second kappa shape index (κ2) is 8.66. The van der Waals surface area contributed by atoms with Gasteiger partial charge in [-0.2, -0.15) is 0 Å². The Bertz CT molecular complexity index is 973. The summed E-state index contributed by atoms with van der Waals surface area (Å²) in [5, 5.41) is 11.4. The molecule has 0 spiro atoms. The van der Waals surface area contributed by atoms with E-state index in [4.69, 9.17) is 0 Å². The van der Waals surface area contributed by atoms with Gasteiger partial charge in [-0.25, -0.2) is 4.79 Å². The van der Waals surface area contributed by atoms with Crippen molar-refractivity contribution in [3.63, 3.8) is 0 Å². The highest BCUT2D eigenvalue weighted by molar-refractivity contribution is 5.80. The molecule has 2 aromatic rings. The summed E-state index contributed by atoms with van der Waals surface area (Å²) >= 11 is 0. The molecule has 1 aliphatic rings. The average molecular weight is 389 g/mol. The molecular weight excluding hydrogens is 362 g/mol. The van der Waals surface area contributed by atoms with Gasteiger partial charge in [-0.1, -0.05) is 6.42 Å². The molecule has 1 aromatic heterocycles. The van der Waals surface area contributed by atoms with Crippen LogP contribution in [-0.2, 0) is 13.1 Å². The maximum atomic E-state index is 13.1. The van der Waals surface area contributed by atoms with Crippen molar-refractivity contribution in [1.29, 1.82) is 0 Å². The largest absolute Gasteiger partial charge is 0.331 e. The van der Waals surface area contributed by atoms with Crippen LogP contribution in [0.2, 0.25) is 0 Å². The minimum Gasteiger partial charge on any atom is -0.308 e. The van der Waals surface area contributed by atoms with Crippen LogP contribution in [-0.4, -0.2) is 64.1 Å². The zero-order valence-electron chi connectivity index (χ0n) is 16.5. The number of non-ortho nitro benzene ring substituents is 1. The fourth-order valence-corrected chi connectivity index (χ4v) is 3.66. The molecule has 2 heterocycles. The van der Waals surface area contributed by atoms with E-state index in [1.54, 1.807) is 4.57 Å². The Morgan fingerprint density at radius 3 is 2.39 bits per heavy atom. The highest BCUT2D eigenvalue weighted by Gasteiger charge is 2.18. The van der Waals surface area contributed by atoms with Crippen LogP contribution in [0, 0.1) is 10.1 Å². The van der Waals surface area contributed by atoms with E-state index in [1.807, 2.05) is 19.0 Å². The number of fused-ring (bicyclic) bond motifs is 1. The third-order valence-corrected chi connectivity index (χ3v) is 5.28. The molecule has 9 heteroatoms. The molecule has 3 rings (SSSR count). The van der Waals surface area contributed by atoms with Crippen LogP contribution in [0.15, 0.2) is 27.8 Å². The molecular formula is C19H27N5O4. The van der Waals surface area contributed by atoms with Crippen molar-refractivity contribution in [2.24, 2.45) is 0 Å². The molecule has 0 saturated carbocycles. The second-order valence-corrected chi connectivity index (χ2v) is 7.56. The van der Waals surface area contributed by atoms with Crippen LogP contribution in [0.1, 0.15) is 19.3 Å². The highest BCUT2D eigenvalue weighted by Crippen LogP contribution is 2.17. The lowest BCUT2D eigenvalue weighted by atomic mass is 10.1. The van der Waals surface area contributed by atoms with Gasteiger partial charge >= 0.3 is 5.69 Å². The van der Waals surface area contributed by atoms with Crippen LogP contribution >= 0.6 is 0 Å². The van der Waals surface area contributed by atoms with Gasteiger partial charge in [0.05, 0.1) is 15.8 Å². The number of hydrogen-bond donors (Lipinski definition) is 0. The summed E-state index contributed by atoms with van der Waals surface area (Å²) in [6.07, 6.45) is 3.55. The normalized spacial score (nSPS) is 15.4. The zero-order chi connectivity index (χ0) is 20.3. The van der Waals surface area contributed by atoms with Crippen molar-refractivity contribution >= 4 is 16.6 Å². The lowest BCUT2D eigenvalue weighted by Crippen LogP contribution is -2.43. The molecule has 0 amide bonds. The first-order chi connectivity index (χ1) is 13.4. The minimum atomic E-state index is -0.522. The Morgan fingerprint density at radius 2 is 1.75 bits per heavy atom. The van der Waals surface area contributed by atoms with Gasteiger partial charge in [-0.05, 0) is 46.1 Å². The topological polar surface area (TPSA) is 93.6 Å². The molecule has 1 fully saturated rings. The van der Waals surface area contributed by atoms with E-state index in [-0.39, 0.29) is 23.3 Å². The zero-order valence-corrected chi connectivity index (χ0v) is 16.5. The van der Waals surface area contributed by atoms with Gasteiger partial charge in [0.15, 0.2) is 0 Å². The number of nitrogens with zero attached hydrogens (tertiary/aromatic N) is 5. The van der Waals surface area contributed by atoms with E-state index >= 15 is 0 Å². The van der Waals surface area contributed by atoms with Crippen molar-refractivity contribution in [2.45, 2.75) is 32.4 Å². The predicted molar refractivity (Wildman–Crippen MR) is 108 cm³/mol. The molecule has 0 radical (unpaired) electrons. The molecule has 0 bridgehead atoms. The van der Waals surface area contributed by atoms with Crippen LogP contribution in [0.3, 0.4) is 0 Å². The fourth-order valence-electron chi connectivity index (χ4n) is 3.66. The summed E-state index contributed by atoms with van der Waals surface area (Å²) in [7, 11) is 3.73. The summed E-state index contributed by atoms with van der Waals surface area (Å²) in [5.41, 5.74) is -0.520. The molecule has 28 heavy (non-hydrogen) atoms. The summed E-state index contributed by atoms with van der Waals surface area (Å²) < 4.78 is 2.78. The van der Waals surface area contributed by atoms with Gasteiger partial charge in [-0.3, -0.25) is 24.0 Å². The monoisotopic (exact) mass is 389 g/mol. The molecule has 1 aliphatic heterocycles.